The van der Waals surface area contributed by atoms with Crippen molar-refractivity contribution in [1.82, 2.24) is 9.55 Å². The van der Waals surface area contributed by atoms with Gasteiger partial charge < -0.3 is 29.8 Å². The molecule has 2 rings (SSSR count). The van der Waals surface area contributed by atoms with Crippen molar-refractivity contribution in [2.45, 2.75) is 19.4 Å². The third-order valence-electron chi connectivity index (χ3n) is 3.92. The minimum absolute atomic E-state index is 0.0366. The highest BCUT2D eigenvalue weighted by molar-refractivity contribution is 6.11. The molecule has 142 valence electrons. The number of aliphatic hydroxyl groups is 1. The molecule has 0 aromatic carbocycles. The summed E-state index contributed by atoms with van der Waals surface area (Å²) < 4.78 is 11.3. The fraction of sp³-hybridized carbons (Fsp3) is 0.471. The first-order chi connectivity index (χ1) is 12.4. The molecule has 1 atom stereocenters. The Morgan fingerprint density at radius 3 is 2.73 bits per heavy atom. The normalized spacial score (nSPS) is 12.0. The molecule has 9 heteroatoms. The third kappa shape index (κ3) is 4.12. The van der Waals surface area contributed by atoms with Crippen LogP contribution in [0.5, 0.6) is 0 Å². The van der Waals surface area contributed by atoms with Crippen molar-refractivity contribution in [2.24, 2.45) is 7.05 Å². The van der Waals surface area contributed by atoms with Crippen molar-refractivity contribution in [3.8, 4) is 0 Å². The lowest BCUT2D eigenvalue weighted by Crippen LogP contribution is -2.19. The van der Waals surface area contributed by atoms with Crippen molar-refractivity contribution in [3.63, 3.8) is 0 Å². The van der Waals surface area contributed by atoms with Crippen molar-refractivity contribution < 1.29 is 24.2 Å². The average Bonchev–Trinajstić information content (AvgIpc) is 2.86. The number of hydrogen-bond donors (Lipinski definition) is 3. The number of carbonyl (C=O) groups excluding carboxylic acids is 2. The molecule has 9 nitrogen and oxygen atoms in total. The van der Waals surface area contributed by atoms with Gasteiger partial charge in [-0.25, -0.2) is 9.78 Å². The second-order valence-corrected chi connectivity index (χ2v) is 5.91. The summed E-state index contributed by atoms with van der Waals surface area (Å²) in [5.74, 6) is -0.974. The summed E-state index contributed by atoms with van der Waals surface area (Å²) >= 11 is 0. The van der Waals surface area contributed by atoms with Crippen LogP contribution in [-0.2, 0) is 21.3 Å². The number of amides is 1. The number of aromatic nitrogens is 2. The number of fused-ring (bicyclic) bond motifs is 1. The summed E-state index contributed by atoms with van der Waals surface area (Å²) in [6, 6.07) is 1.83. The quantitative estimate of drug-likeness (QED) is 0.602. The molecule has 0 saturated carbocycles. The molecule has 2 heterocycles. The van der Waals surface area contributed by atoms with Gasteiger partial charge in [0.15, 0.2) is 5.69 Å². The molecule has 0 aliphatic rings. The number of esters is 1. The molecule has 0 unspecified atom stereocenters. The Balaban J connectivity index is 2.53. The molecule has 0 radical (unpaired) electrons. The molecule has 0 aliphatic carbocycles. The smallest absolute Gasteiger partial charge is 0.356 e. The average molecular weight is 364 g/mol. The predicted molar refractivity (Wildman–Crippen MR) is 97.3 cm³/mol. The van der Waals surface area contributed by atoms with Gasteiger partial charge in [0.25, 0.3) is 0 Å². The van der Waals surface area contributed by atoms with Crippen LogP contribution < -0.4 is 10.6 Å². The van der Waals surface area contributed by atoms with Crippen molar-refractivity contribution in [3.05, 3.63) is 18.0 Å². The molecule has 2 aromatic rings. The molecule has 0 spiro atoms. The summed E-state index contributed by atoms with van der Waals surface area (Å²) in [6.45, 7) is 1.86. The molecule has 3 N–H and O–H groups in total. The number of methoxy groups -OCH3 is 2. The number of nitrogens with zero attached hydrogens (tertiary/aromatic N) is 2. The minimum Gasteiger partial charge on any atom is -0.464 e. The van der Waals surface area contributed by atoms with Crippen molar-refractivity contribution in [1.29, 1.82) is 0 Å². The van der Waals surface area contributed by atoms with Crippen LogP contribution in [0.4, 0.5) is 11.4 Å². The topological polar surface area (TPSA) is 115 Å². The zero-order valence-electron chi connectivity index (χ0n) is 15.3. The number of rotatable bonds is 8. The van der Waals surface area contributed by atoms with E-state index in [9.17, 15) is 9.59 Å². The number of aliphatic hydroxyl groups excluding tert-OH is 1. The largest absolute Gasteiger partial charge is 0.464 e. The fourth-order valence-corrected chi connectivity index (χ4v) is 2.71. The Kier molecular flexibility index (Phi) is 6.53. The highest BCUT2D eigenvalue weighted by atomic mass is 16.5. The molecule has 2 aromatic heterocycles. The van der Waals surface area contributed by atoms with Crippen LogP contribution in [0.1, 0.15) is 23.8 Å². The van der Waals surface area contributed by atoms with E-state index in [1.165, 1.54) is 14.2 Å². The van der Waals surface area contributed by atoms with Crippen molar-refractivity contribution in [2.75, 3.05) is 38.1 Å². The zero-order valence-corrected chi connectivity index (χ0v) is 15.3. The Bertz CT molecular complexity index is 802. The lowest BCUT2D eigenvalue weighted by atomic mass is 10.2. The Labute approximate surface area is 151 Å². The molecule has 0 fully saturated rings. The van der Waals surface area contributed by atoms with E-state index in [1.54, 1.807) is 23.9 Å². The number of anilines is 2. The molecular weight excluding hydrogens is 340 g/mol. The van der Waals surface area contributed by atoms with Crippen LogP contribution in [0.25, 0.3) is 11.0 Å². The minimum atomic E-state index is -0.582. The van der Waals surface area contributed by atoms with Gasteiger partial charge in [0.2, 0.25) is 5.91 Å². The van der Waals surface area contributed by atoms with Crippen LogP contribution in [-0.4, -0.2) is 60.0 Å². The number of nitrogens with one attached hydrogen (secondary N) is 2. The van der Waals surface area contributed by atoms with Gasteiger partial charge in [-0.1, -0.05) is 0 Å². The van der Waals surface area contributed by atoms with E-state index in [-0.39, 0.29) is 24.9 Å². The molecule has 0 bridgehead atoms. The lowest BCUT2D eigenvalue weighted by Gasteiger charge is -2.13. The van der Waals surface area contributed by atoms with E-state index in [0.717, 1.165) is 0 Å². The Morgan fingerprint density at radius 2 is 2.12 bits per heavy atom. The number of hydrogen-bond acceptors (Lipinski definition) is 7. The summed E-state index contributed by atoms with van der Waals surface area (Å²) in [7, 11) is 4.36. The van der Waals surface area contributed by atoms with Gasteiger partial charge in [0, 0.05) is 32.2 Å². The van der Waals surface area contributed by atoms with Crippen LogP contribution in [0, 0.1) is 0 Å². The SMILES string of the molecule is COCC(=O)Nc1c(C(=O)OC)n(C)c2ncc(N[C@H](C)CCO)cc12. The Hall–Kier alpha value is -2.65. The van der Waals surface area contributed by atoms with Gasteiger partial charge >= 0.3 is 5.97 Å². The summed E-state index contributed by atoms with van der Waals surface area (Å²) in [4.78, 5) is 28.6. The van der Waals surface area contributed by atoms with Crippen LogP contribution >= 0.6 is 0 Å². The van der Waals surface area contributed by atoms with Gasteiger partial charge in [0.05, 0.1) is 24.7 Å². The van der Waals surface area contributed by atoms with Gasteiger partial charge in [-0.3, -0.25) is 4.79 Å². The maximum atomic E-state index is 12.2. The standard InChI is InChI=1S/C17H24N4O5/c1-10(5-6-22)19-11-7-12-14(20-13(23)9-25-3)15(17(24)26-4)21(2)16(12)18-8-11/h7-8,10,19,22H,5-6,9H2,1-4H3,(H,20,23)/t10-/m1/s1. The second kappa shape index (κ2) is 8.63. The van der Waals surface area contributed by atoms with Crippen molar-refractivity contribution >= 4 is 34.3 Å². The second-order valence-electron chi connectivity index (χ2n) is 5.91. The first-order valence-electron chi connectivity index (χ1n) is 8.15. The summed E-state index contributed by atoms with van der Waals surface area (Å²) in [5.41, 5.74) is 1.75. The van der Waals surface area contributed by atoms with Crippen LogP contribution in [0.15, 0.2) is 12.3 Å². The summed E-state index contributed by atoms with van der Waals surface area (Å²) in [6.07, 6.45) is 2.22. The number of pyridine rings is 1. The van der Waals surface area contributed by atoms with E-state index in [4.69, 9.17) is 14.6 Å². The van der Waals surface area contributed by atoms with Crippen LogP contribution in [0.3, 0.4) is 0 Å². The van der Waals surface area contributed by atoms with Gasteiger partial charge in [-0.15, -0.1) is 0 Å². The predicted octanol–water partition coefficient (Wildman–Crippen LogP) is 1.13. The van der Waals surface area contributed by atoms with Gasteiger partial charge in [0.1, 0.15) is 12.3 Å². The third-order valence-corrected chi connectivity index (χ3v) is 3.92. The first kappa shape index (κ1) is 19.7. The maximum Gasteiger partial charge on any atom is 0.356 e. The zero-order chi connectivity index (χ0) is 19.3. The monoisotopic (exact) mass is 364 g/mol. The van der Waals surface area contributed by atoms with E-state index >= 15 is 0 Å². The number of aryl methyl sites for hydroxylation is 1. The van der Waals surface area contributed by atoms with Crippen LogP contribution in [0.2, 0.25) is 0 Å². The molecule has 1 amide bonds. The fourth-order valence-electron chi connectivity index (χ4n) is 2.71. The number of carbonyl (C=O) groups is 2. The molecular formula is C17H24N4O5. The summed E-state index contributed by atoms with van der Waals surface area (Å²) in [5, 5.41) is 15.6. The molecule has 0 aliphatic heterocycles. The van der Waals surface area contributed by atoms with Gasteiger partial charge in [-0.2, -0.15) is 0 Å². The van der Waals surface area contributed by atoms with E-state index in [0.29, 0.717) is 28.8 Å². The van der Waals surface area contributed by atoms with E-state index in [1.807, 2.05) is 6.92 Å². The van der Waals surface area contributed by atoms with E-state index in [2.05, 4.69) is 15.6 Å². The molecule has 0 saturated heterocycles. The number of ether oxygens (including phenoxy) is 2. The van der Waals surface area contributed by atoms with Gasteiger partial charge in [-0.05, 0) is 19.4 Å². The van der Waals surface area contributed by atoms with E-state index < -0.39 is 11.9 Å². The Morgan fingerprint density at radius 1 is 1.38 bits per heavy atom. The first-order valence-corrected chi connectivity index (χ1v) is 8.15. The molecule has 26 heavy (non-hydrogen) atoms. The highest BCUT2D eigenvalue weighted by Gasteiger charge is 2.24. The highest BCUT2D eigenvalue weighted by Crippen LogP contribution is 2.31. The maximum absolute atomic E-state index is 12.2. The lowest BCUT2D eigenvalue weighted by molar-refractivity contribution is -0.119.